The summed E-state index contributed by atoms with van der Waals surface area (Å²) in [6, 6.07) is 0. The monoisotopic (exact) mass is 320 g/mol. The highest BCUT2D eigenvalue weighted by molar-refractivity contribution is 7.87. The summed E-state index contributed by atoms with van der Waals surface area (Å²) in [5.74, 6) is -0.176. The fraction of sp³-hybridized carbons (Fsp3) is 1.00. The molecule has 122 valence electrons. The highest BCUT2D eigenvalue weighted by atomic mass is 32.2. The van der Waals surface area contributed by atoms with Crippen molar-refractivity contribution >= 4 is 10.1 Å². The molecule has 0 aliphatic heterocycles. The van der Waals surface area contributed by atoms with Gasteiger partial charge in [-0.2, -0.15) is 21.6 Å². The molecule has 0 spiro atoms. The van der Waals surface area contributed by atoms with Crippen LogP contribution in [0.2, 0.25) is 0 Å². The lowest BCUT2D eigenvalue weighted by Gasteiger charge is -2.44. The lowest BCUT2D eigenvalue weighted by Crippen LogP contribution is -2.57. The van der Waals surface area contributed by atoms with Gasteiger partial charge in [0.25, 0.3) is 0 Å². The van der Waals surface area contributed by atoms with Crippen molar-refractivity contribution in [2.75, 3.05) is 6.54 Å². The third-order valence-electron chi connectivity index (χ3n) is 3.92. The minimum absolute atomic E-state index is 0.176. The Kier molecular flexibility index (Phi) is 6.05. The highest BCUT2D eigenvalue weighted by Crippen LogP contribution is 2.42. The number of rotatable bonds is 7. The average Bonchev–Trinajstić information content (AvgIpc) is 2.22. The topological polar surface area (TPSA) is 95.4 Å². The van der Waals surface area contributed by atoms with Gasteiger partial charge in [-0.3, -0.25) is 0 Å². The molecule has 0 aliphatic carbocycles. The first-order valence-corrected chi connectivity index (χ1v) is 7.60. The molecule has 0 aromatic carbocycles. The standard InChI is InChI=1S/C11H23F3N2O3S/c1-8(6-5-7-15)9(2,3)10(4,16)19-20(17,18)11(12,13)14/h8H,5-7,15-16H2,1-4H3. The van der Waals surface area contributed by atoms with Crippen LogP contribution in [0, 0.1) is 11.3 Å². The average molecular weight is 320 g/mol. The number of hydrogen-bond donors (Lipinski definition) is 2. The molecule has 2 unspecified atom stereocenters. The minimum Gasteiger partial charge on any atom is -0.330 e. The van der Waals surface area contributed by atoms with Crippen LogP contribution < -0.4 is 11.5 Å². The van der Waals surface area contributed by atoms with Crippen LogP contribution in [0.1, 0.15) is 40.5 Å². The molecule has 4 N–H and O–H groups in total. The van der Waals surface area contributed by atoms with Gasteiger partial charge in [0.2, 0.25) is 0 Å². The maximum absolute atomic E-state index is 12.4. The van der Waals surface area contributed by atoms with Gasteiger partial charge in [0, 0.05) is 5.41 Å². The maximum atomic E-state index is 12.4. The Hall–Kier alpha value is -0.380. The first-order chi connectivity index (χ1) is 8.69. The van der Waals surface area contributed by atoms with Gasteiger partial charge in [0.05, 0.1) is 0 Å². The fourth-order valence-electron chi connectivity index (χ4n) is 1.66. The second kappa shape index (κ2) is 6.17. The van der Waals surface area contributed by atoms with Crippen LogP contribution in [-0.2, 0) is 14.3 Å². The minimum atomic E-state index is -5.74. The second-order valence-electron chi connectivity index (χ2n) is 5.64. The van der Waals surface area contributed by atoms with Crippen molar-refractivity contribution in [3.05, 3.63) is 0 Å². The van der Waals surface area contributed by atoms with E-state index < -0.39 is 26.8 Å². The quantitative estimate of drug-likeness (QED) is 0.424. The lowest BCUT2D eigenvalue weighted by atomic mass is 9.70. The molecule has 0 aromatic rings. The molecule has 5 nitrogen and oxygen atoms in total. The van der Waals surface area contributed by atoms with E-state index in [1.165, 1.54) is 0 Å². The van der Waals surface area contributed by atoms with Gasteiger partial charge in [0.15, 0.2) is 0 Å². The smallest absolute Gasteiger partial charge is 0.330 e. The van der Waals surface area contributed by atoms with Gasteiger partial charge in [-0.1, -0.05) is 20.8 Å². The second-order valence-corrected chi connectivity index (χ2v) is 7.18. The van der Waals surface area contributed by atoms with Crippen molar-refractivity contribution in [2.45, 2.75) is 51.8 Å². The van der Waals surface area contributed by atoms with Crippen LogP contribution in [0.5, 0.6) is 0 Å². The van der Waals surface area contributed by atoms with Crippen LogP contribution in [-0.4, -0.2) is 26.2 Å². The molecule has 2 atom stereocenters. The summed E-state index contributed by atoms with van der Waals surface area (Å²) in [4.78, 5) is 0. The molecule has 9 heteroatoms. The van der Waals surface area contributed by atoms with Gasteiger partial charge in [0.1, 0.15) is 5.72 Å². The van der Waals surface area contributed by atoms with Gasteiger partial charge in [-0.25, -0.2) is 4.18 Å². The predicted octanol–water partition coefficient (Wildman–Crippen LogP) is 1.93. The van der Waals surface area contributed by atoms with Crippen LogP contribution in [0.15, 0.2) is 0 Å². The van der Waals surface area contributed by atoms with Crippen LogP contribution in [0.25, 0.3) is 0 Å². The Morgan fingerprint density at radius 2 is 1.65 bits per heavy atom. The Morgan fingerprint density at radius 3 is 2.00 bits per heavy atom. The maximum Gasteiger partial charge on any atom is 0.523 e. The normalized spacial score (nSPS) is 18.6. The summed E-state index contributed by atoms with van der Waals surface area (Å²) in [5.41, 5.74) is 2.61. The summed E-state index contributed by atoms with van der Waals surface area (Å²) in [6.07, 6.45) is 1.26. The van der Waals surface area contributed by atoms with Gasteiger partial charge >= 0.3 is 15.6 Å². The van der Waals surface area contributed by atoms with E-state index in [0.29, 0.717) is 19.4 Å². The van der Waals surface area contributed by atoms with Gasteiger partial charge < -0.3 is 11.5 Å². The summed E-state index contributed by atoms with van der Waals surface area (Å²) in [6.45, 7) is 6.48. The van der Waals surface area contributed by atoms with Crippen LogP contribution in [0.3, 0.4) is 0 Å². The van der Waals surface area contributed by atoms with Crippen molar-refractivity contribution in [2.24, 2.45) is 22.8 Å². The van der Waals surface area contributed by atoms with Crippen molar-refractivity contribution in [3.63, 3.8) is 0 Å². The molecule has 0 rings (SSSR count). The lowest BCUT2D eigenvalue weighted by molar-refractivity contribution is -0.0919. The molecule has 20 heavy (non-hydrogen) atoms. The first kappa shape index (κ1) is 19.6. The summed E-state index contributed by atoms with van der Waals surface area (Å²) >= 11 is 0. The molecule has 0 heterocycles. The van der Waals surface area contributed by atoms with E-state index in [1.807, 2.05) is 0 Å². The molecule has 0 fully saturated rings. The van der Waals surface area contributed by atoms with Crippen molar-refractivity contribution in [1.82, 2.24) is 0 Å². The first-order valence-electron chi connectivity index (χ1n) is 6.20. The van der Waals surface area contributed by atoms with Crippen molar-refractivity contribution in [1.29, 1.82) is 0 Å². The fourth-order valence-corrected chi connectivity index (χ4v) is 2.42. The van der Waals surface area contributed by atoms with E-state index in [-0.39, 0.29) is 5.92 Å². The number of alkyl halides is 3. The highest BCUT2D eigenvalue weighted by Gasteiger charge is 2.54. The molecule has 0 saturated carbocycles. The largest absolute Gasteiger partial charge is 0.523 e. The zero-order valence-electron chi connectivity index (χ0n) is 12.1. The summed E-state index contributed by atoms with van der Waals surface area (Å²) in [5, 5.41) is 0. The molecule has 0 aromatic heterocycles. The van der Waals surface area contributed by atoms with E-state index in [1.54, 1.807) is 20.8 Å². The number of halogens is 3. The van der Waals surface area contributed by atoms with E-state index in [9.17, 15) is 21.6 Å². The Bertz CT molecular complexity index is 419. The third kappa shape index (κ3) is 4.31. The van der Waals surface area contributed by atoms with E-state index >= 15 is 0 Å². The molecular formula is C11H23F3N2O3S. The molecule has 0 saturated heterocycles. The molecule has 0 radical (unpaired) electrons. The van der Waals surface area contributed by atoms with E-state index in [0.717, 1.165) is 6.92 Å². The molecule has 0 aliphatic rings. The Morgan fingerprint density at radius 1 is 1.20 bits per heavy atom. The van der Waals surface area contributed by atoms with E-state index in [4.69, 9.17) is 11.5 Å². The predicted molar refractivity (Wildman–Crippen MR) is 69.9 cm³/mol. The summed E-state index contributed by atoms with van der Waals surface area (Å²) < 4.78 is 63.6. The zero-order valence-corrected chi connectivity index (χ0v) is 12.9. The Balaban J connectivity index is 5.22. The van der Waals surface area contributed by atoms with Gasteiger partial charge in [-0.05, 0) is 32.2 Å². The number of nitrogens with two attached hydrogens (primary N) is 2. The molecule has 0 bridgehead atoms. The SMILES string of the molecule is CC(CCCN)C(C)(C)C(C)(N)OS(=O)(=O)C(F)(F)F. The molecule has 0 amide bonds. The third-order valence-corrected chi connectivity index (χ3v) is 5.05. The van der Waals surface area contributed by atoms with E-state index in [2.05, 4.69) is 4.18 Å². The zero-order chi connectivity index (χ0) is 16.4. The van der Waals surface area contributed by atoms with Crippen LogP contribution >= 0.6 is 0 Å². The molecular weight excluding hydrogens is 297 g/mol. The summed E-state index contributed by atoms with van der Waals surface area (Å²) in [7, 11) is -5.74. The van der Waals surface area contributed by atoms with Crippen molar-refractivity contribution in [3.8, 4) is 0 Å². The Labute approximate surface area is 118 Å². The van der Waals surface area contributed by atoms with Crippen molar-refractivity contribution < 1.29 is 25.8 Å². The number of hydrogen-bond acceptors (Lipinski definition) is 5. The van der Waals surface area contributed by atoms with Gasteiger partial charge in [-0.15, -0.1) is 0 Å². The van der Waals surface area contributed by atoms with Crippen LogP contribution in [0.4, 0.5) is 13.2 Å².